The van der Waals surface area contributed by atoms with E-state index in [1.165, 1.54) is 43.7 Å². The smallest absolute Gasteiger partial charge is 0.135 e. The minimum absolute atomic E-state index is 0.905. The highest BCUT2D eigenvalue weighted by Gasteiger charge is 2.17. The number of hydrogen-bond donors (Lipinski definition) is 0. The average Bonchev–Trinajstić information content (AvgIpc) is 3.80. The minimum atomic E-state index is 0.905. The summed E-state index contributed by atoms with van der Waals surface area (Å²) in [4.78, 5) is 2.36. The van der Waals surface area contributed by atoms with E-state index in [0.717, 1.165) is 55.8 Å². The fourth-order valence-electron chi connectivity index (χ4n) is 8.39. The Bertz CT molecular complexity index is 3150. The van der Waals surface area contributed by atoms with E-state index in [9.17, 15) is 0 Å². The van der Waals surface area contributed by atoms with E-state index in [4.69, 9.17) is 4.42 Å². The molecule has 0 amide bonds. The molecule has 0 aliphatic rings. The lowest BCUT2D eigenvalue weighted by Gasteiger charge is -2.26. The molecule has 11 aromatic rings. The van der Waals surface area contributed by atoms with E-state index in [1.807, 2.05) is 12.1 Å². The predicted octanol–water partition coefficient (Wildman–Crippen LogP) is 14.6. The van der Waals surface area contributed by atoms with E-state index >= 15 is 0 Å². The summed E-state index contributed by atoms with van der Waals surface area (Å²) in [5.74, 6) is 0. The van der Waals surface area contributed by atoms with Gasteiger partial charge in [0.15, 0.2) is 0 Å². The van der Waals surface area contributed by atoms with E-state index < -0.39 is 0 Å². The summed E-state index contributed by atoms with van der Waals surface area (Å²) in [6.45, 7) is 0. The van der Waals surface area contributed by atoms with Crippen LogP contribution in [0.2, 0.25) is 0 Å². The molecular formula is C52H34N2O. The largest absolute Gasteiger partial charge is 0.456 e. The van der Waals surface area contributed by atoms with Crippen LogP contribution in [0.4, 0.5) is 17.1 Å². The Balaban J connectivity index is 1.04. The second-order valence-electron chi connectivity index (χ2n) is 14.2. The summed E-state index contributed by atoms with van der Waals surface area (Å²) in [5, 5.41) is 7.27. The van der Waals surface area contributed by atoms with Crippen molar-refractivity contribution in [1.82, 2.24) is 4.57 Å². The number of furan rings is 1. The van der Waals surface area contributed by atoms with Crippen molar-refractivity contribution in [2.75, 3.05) is 4.90 Å². The standard InChI is InChI=1S/C52H34N2O/c1-2-15-43-36(11-1)12-9-19-44(43)37-25-30-40(31-26-37)53(39-28-23-35(24-29-39)38-27-32-52-48(33-38)47-18-5-8-22-51(47)55-52)41-13-10-14-42(34-41)54-49-20-6-3-16-45(49)46-17-4-7-21-50(46)54/h1-34H. The molecule has 0 aliphatic heterocycles. The first-order chi connectivity index (χ1) is 27.3. The second kappa shape index (κ2) is 12.6. The van der Waals surface area contributed by atoms with Crippen molar-refractivity contribution in [2.45, 2.75) is 0 Å². The van der Waals surface area contributed by atoms with Crippen LogP contribution < -0.4 is 4.90 Å². The van der Waals surface area contributed by atoms with Crippen LogP contribution in [0.25, 0.3) is 82.5 Å². The summed E-state index contributed by atoms with van der Waals surface area (Å²) in [5.41, 5.74) is 13.3. The minimum Gasteiger partial charge on any atom is -0.456 e. The second-order valence-corrected chi connectivity index (χ2v) is 14.2. The third-order valence-electron chi connectivity index (χ3n) is 11.0. The Hall–Kier alpha value is -7.36. The van der Waals surface area contributed by atoms with Crippen LogP contribution in [-0.4, -0.2) is 4.57 Å². The first-order valence-electron chi connectivity index (χ1n) is 18.8. The summed E-state index contributed by atoms with van der Waals surface area (Å²) < 4.78 is 8.51. The van der Waals surface area contributed by atoms with Gasteiger partial charge in [0.1, 0.15) is 11.2 Å². The Labute approximate surface area is 318 Å². The Morgan fingerprint density at radius 2 is 0.909 bits per heavy atom. The number of rotatable bonds is 6. The normalized spacial score (nSPS) is 11.6. The van der Waals surface area contributed by atoms with E-state index in [0.29, 0.717) is 0 Å². The van der Waals surface area contributed by atoms with Crippen molar-refractivity contribution in [3.63, 3.8) is 0 Å². The van der Waals surface area contributed by atoms with Crippen molar-refractivity contribution < 1.29 is 4.42 Å². The fraction of sp³-hybridized carbons (Fsp3) is 0. The molecule has 0 spiro atoms. The molecule has 0 fully saturated rings. The molecular weight excluding hydrogens is 669 g/mol. The molecule has 0 aliphatic carbocycles. The van der Waals surface area contributed by atoms with Crippen molar-refractivity contribution in [2.24, 2.45) is 0 Å². The number of nitrogens with zero attached hydrogens (tertiary/aromatic N) is 2. The van der Waals surface area contributed by atoms with Crippen LogP contribution >= 0.6 is 0 Å². The molecule has 0 saturated carbocycles. The van der Waals surface area contributed by atoms with Gasteiger partial charge in [-0.1, -0.05) is 133 Å². The van der Waals surface area contributed by atoms with Crippen molar-refractivity contribution in [1.29, 1.82) is 0 Å². The summed E-state index contributed by atoms with van der Waals surface area (Å²) in [7, 11) is 0. The van der Waals surface area contributed by atoms with Gasteiger partial charge in [-0.05, 0) is 106 Å². The van der Waals surface area contributed by atoms with Gasteiger partial charge < -0.3 is 13.9 Å². The maximum absolute atomic E-state index is 6.12. The summed E-state index contributed by atoms with van der Waals surface area (Å²) in [6.07, 6.45) is 0. The maximum atomic E-state index is 6.12. The van der Waals surface area contributed by atoms with Gasteiger partial charge in [0.2, 0.25) is 0 Å². The molecule has 0 saturated heterocycles. The summed E-state index contributed by atoms with van der Waals surface area (Å²) >= 11 is 0. The molecule has 2 heterocycles. The molecule has 11 rings (SSSR count). The SMILES string of the molecule is c1cc(N(c2ccc(-c3ccc4oc5ccccc5c4c3)cc2)c2ccc(-c3cccc4ccccc34)cc2)cc(-n2c3ccccc3c3ccccc32)c1. The van der Waals surface area contributed by atoms with Crippen LogP contribution in [0.3, 0.4) is 0 Å². The first-order valence-corrected chi connectivity index (χ1v) is 18.8. The highest BCUT2D eigenvalue weighted by Crippen LogP contribution is 2.40. The molecule has 2 aromatic heterocycles. The summed E-state index contributed by atoms with van der Waals surface area (Å²) in [6, 6.07) is 74.1. The maximum Gasteiger partial charge on any atom is 0.135 e. The topological polar surface area (TPSA) is 21.3 Å². The van der Waals surface area contributed by atoms with Crippen molar-refractivity contribution >= 4 is 71.6 Å². The molecule has 0 N–H and O–H groups in total. The number of benzene rings is 9. The Kier molecular flexibility index (Phi) is 7.17. The van der Waals surface area contributed by atoms with Gasteiger partial charge in [0.05, 0.1) is 11.0 Å². The zero-order valence-corrected chi connectivity index (χ0v) is 29.9. The van der Waals surface area contributed by atoms with Gasteiger partial charge in [0, 0.05) is 44.3 Å². The first kappa shape index (κ1) is 31.2. The Morgan fingerprint density at radius 3 is 1.65 bits per heavy atom. The van der Waals surface area contributed by atoms with Crippen LogP contribution in [0, 0.1) is 0 Å². The van der Waals surface area contributed by atoms with Crippen LogP contribution in [0.1, 0.15) is 0 Å². The Morgan fingerprint density at radius 1 is 0.345 bits per heavy atom. The monoisotopic (exact) mass is 702 g/mol. The lowest BCUT2D eigenvalue weighted by molar-refractivity contribution is 0.669. The lowest BCUT2D eigenvalue weighted by atomic mass is 9.98. The number of fused-ring (bicyclic) bond motifs is 7. The molecule has 9 aromatic carbocycles. The molecule has 55 heavy (non-hydrogen) atoms. The van der Waals surface area contributed by atoms with Crippen LogP contribution in [-0.2, 0) is 0 Å². The number of anilines is 3. The predicted molar refractivity (Wildman–Crippen MR) is 231 cm³/mol. The van der Waals surface area contributed by atoms with Gasteiger partial charge >= 0.3 is 0 Å². The highest BCUT2D eigenvalue weighted by molar-refractivity contribution is 6.09. The third kappa shape index (κ3) is 5.20. The van der Waals surface area contributed by atoms with Gasteiger partial charge in [0.25, 0.3) is 0 Å². The highest BCUT2D eigenvalue weighted by atomic mass is 16.3. The lowest BCUT2D eigenvalue weighted by Crippen LogP contribution is -2.10. The molecule has 3 nitrogen and oxygen atoms in total. The number of para-hydroxylation sites is 3. The van der Waals surface area contributed by atoms with Crippen LogP contribution in [0.5, 0.6) is 0 Å². The van der Waals surface area contributed by atoms with Crippen molar-refractivity contribution in [3.8, 4) is 27.9 Å². The number of aromatic nitrogens is 1. The zero-order valence-electron chi connectivity index (χ0n) is 29.9. The molecule has 3 heteroatoms. The number of hydrogen-bond acceptors (Lipinski definition) is 2. The van der Waals surface area contributed by atoms with E-state index in [1.54, 1.807) is 0 Å². The zero-order chi connectivity index (χ0) is 36.3. The van der Waals surface area contributed by atoms with E-state index in [2.05, 4.69) is 204 Å². The average molecular weight is 703 g/mol. The molecule has 0 atom stereocenters. The molecule has 0 radical (unpaired) electrons. The van der Waals surface area contributed by atoms with Crippen molar-refractivity contribution in [3.05, 3.63) is 206 Å². The molecule has 258 valence electrons. The van der Waals surface area contributed by atoms with Gasteiger partial charge in [-0.15, -0.1) is 0 Å². The molecule has 0 unspecified atom stereocenters. The fourth-order valence-corrected chi connectivity index (χ4v) is 8.39. The third-order valence-corrected chi connectivity index (χ3v) is 11.0. The van der Waals surface area contributed by atoms with Crippen LogP contribution in [0.15, 0.2) is 211 Å². The quantitative estimate of drug-likeness (QED) is 0.172. The van der Waals surface area contributed by atoms with Gasteiger partial charge in [-0.25, -0.2) is 0 Å². The van der Waals surface area contributed by atoms with Gasteiger partial charge in [-0.3, -0.25) is 0 Å². The molecule has 0 bridgehead atoms. The van der Waals surface area contributed by atoms with Gasteiger partial charge in [-0.2, -0.15) is 0 Å². The van der Waals surface area contributed by atoms with E-state index in [-0.39, 0.29) is 0 Å².